The number of amides is 1. The van der Waals surface area contributed by atoms with Gasteiger partial charge in [0.15, 0.2) is 0 Å². The van der Waals surface area contributed by atoms with E-state index in [0.29, 0.717) is 6.54 Å². The fraction of sp³-hybridized carbons (Fsp3) is 0.200. The lowest BCUT2D eigenvalue weighted by Gasteiger charge is -2.22. The second kappa shape index (κ2) is 5.69. The first kappa shape index (κ1) is 14.0. The number of nitrogens with two attached hydrogens (primary N) is 1. The van der Waals surface area contributed by atoms with Gasteiger partial charge in [0, 0.05) is 12.2 Å². The Morgan fingerprint density at radius 1 is 1.40 bits per heavy atom. The molecular formula is C15H16FN3O. The number of hydrogen-bond acceptors (Lipinski definition) is 3. The van der Waals surface area contributed by atoms with E-state index < -0.39 is 5.82 Å². The van der Waals surface area contributed by atoms with E-state index >= 15 is 0 Å². The summed E-state index contributed by atoms with van der Waals surface area (Å²) in [6.07, 6.45) is 0.995. The number of hydrogen-bond donors (Lipinski definition) is 1. The lowest BCUT2D eigenvalue weighted by Crippen LogP contribution is -2.31. The number of anilines is 2. The second-order valence-electron chi connectivity index (χ2n) is 4.47. The monoisotopic (exact) mass is 273 g/mol. The van der Waals surface area contributed by atoms with E-state index in [9.17, 15) is 9.18 Å². The van der Waals surface area contributed by atoms with Gasteiger partial charge < -0.3 is 10.6 Å². The molecule has 2 N–H and O–H groups in total. The Morgan fingerprint density at radius 2 is 2.15 bits per heavy atom. The molecule has 1 aromatic heterocycles. The molecule has 0 aliphatic rings. The van der Waals surface area contributed by atoms with Crippen molar-refractivity contribution >= 4 is 17.4 Å². The third kappa shape index (κ3) is 2.77. The van der Waals surface area contributed by atoms with Crippen LogP contribution in [-0.4, -0.2) is 17.4 Å². The number of benzene rings is 1. The van der Waals surface area contributed by atoms with Crippen LogP contribution in [0.5, 0.6) is 0 Å². The van der Waals surface area contributed by atoms with E-state index in [4.69, 9.17) is 5.73 Å². The number of nitrogen functional groups attached to an aromatic ring is 1. The van der Waals surface area contributed by atoms with Gasteiger partial charge >= 0.3 is 0 Å². The summed E-state index contributed by atoms with van der Waals surface area (Å²) in [7, 11) is 0. The number of rotatable bonds is 3. The largest absolute Gasteiger partial charge is 0.383 e. The maximum Gasteiger partial charge on any atom is 0.262 e. The standard InChI is InChI=1S/C15H16FN3O/c1-3-19(12-6-4-5-10(2)7-12)15(20)13-8-11(16)9-18-14(13)17/h4-9H,3H2,1-2H3,(H2,17,18). The summed E-state index contributed by atoms with van der Waals surface area (Å²) in [6, 6.07) is 8.65. The van der Waals surface area contributed by atoms with Gasteiger partial charge in [-0.1, -0.05) is 12.1 Å². The van der Waals surface area contributed by atoms with Gasteiger partial charge in [-0.15, -0.1) is 0 Å². The first-order valence-corrected chi connectivity index (χ1v) is 6.32. The molecule has 1 aromatic carbocycles. The summed E-state index contributed by atoms with van der Waals surface area (Å²) < 4.78 is 13.3. The Hall–Kier alpha value is -2.43. The van der Waals surface area contributed by atoms with Crippen molar-refractivity contribution in [3.63, 3.8) is 0 Å². The van der Waals surface area contributed by atoms with Gasteiger partial charge in [0.1, 0.15) is 11.6 Å². The number of aryl methyl sites for hydroxylation is 1. The van der Waals surface area contributed by atoms with Gasteiger partial charge in [0.25, 0.3) is 5.91 Å². The molecule has 0 saturated heterocycles. The van der Waals surface area contributed by atoms with Crippen molar-refractivity contribution in [1.82, 2.24) is 4.98 Å². The summed E-state index contributed by atoms with van der Waals surface area (Å²) in [5.74, 6) is -0.909. The number of carbonyl (C=O) groups is 1. The van der Waals surface area contributed by atoms with Gasteiger partial charge in [-0.25, -0.2) is 9.37 Å². The van der Waals surface area contributed by atoms with Crippen LogP contribution in [0, 0.1) is 12.7 Å². The molecule has 0 saturated carbocycles. The Morgan fingerprint density at radius 3 is 2.80 bits per heavy atom. The maximum absolute atomic E-state index is 13.3. The zero-order chi connectivity index (χ0) is 14.7. The van der Waals surface area contributed by atoms with Crippen LogP contribution >= 0.6 is 0 Å². The fourth-order valence-corrected chi connectivity index (χ4v) is 2.01. The number of aromatic nitrogens is 1. The van der Waals surface area contributed by atoms with Crippen LogP contribution < -0.4 is 10.6 Å². The Balaban J connectivity index is 2.41. The van der Waals surface area contributed by atoms with Crippen molar-refractivity contribution in [2.24, 2.45) is 0 Å². The molecule has 2 aromatic rings. The smallest absolute Gasteiger partial charge is 0.262 e. The van der Waals surface area contributed by atoms with Crippen molar-refractivity contribution in [3.05, 3.63) is 53.5 Å². The number of pyridine rings is 1. The quantitative estimate of drug-likeness (QED) is 0.935. The predicted octanol–water partition coefficient (Wildman–Crippen LogP) is 2.78. The third-order valence-electron chi connectivity index (χ3n) is 2.99. The zero-order valence-electron chi connectivity index (χ0n) is 11.4. The highest BCUT2D eigenvalue weighted by atomic mass is 19.1. The SMILES string of the molecule is CCN(C(=O)c1cc(F)cnc1N)c1cccc(C)c1. The number of halogens is 1. The topological polar surface area (TPSA) is 59.2 Å². The minimum Gasteiger partial charge on any atom is -0.383 e. The lowest BCUT2D eigenvalue weighted by atomic mass is 10.1. The molecule has 0 aliphatic carbocycles. The molecule has 4 nitrogen and oxygen atoms in total. The highest BCUT2D eigenvalue weighted by Gasteiger charge is 2.19. The summed E-state index contributed by atoms with van der Waals surface area (Å²) in [4.78, 5) is 17.7. The van der Waals surface area contributed by atoms with Crippen molar-refractivity contribution in [2.75, 3.05) is 17.2 Å². The van der Waals surface area contributed by atoms with Gasteiger partial charge in [-0.3, -0.25) is 4.79 Å². The number of nitrogens with zero attached hydrogens (tertiary/aromatic N) is 2. The van der Waals surface area contributed by atoms with E-state index in [-0.39, 0.29) is 17.3 Å². The highest BCUT2D eigenvalue weighted by Crippen LogP contribution is 2.20. The molecule has 104 valence electrons. The summed E-state index contributed by atoms with van der Waals surface area (Å²) in [6.45, 7) is 4.25. The molecule has 0 spiro atoms. The molecule has 0 radical (unpaired) electrons. The Labute approximate surface area is 117 Å². The van der Waals surface area contributed by atoms with Crippen LogP contribution in [0.25, 0.3) is 0 Å². The molecule has 5 heteroatoms. The molecule has 2 rings (SSSR count). The van der Waals surface area contributed by atoms with Gasteiger partial charge in [0.05, 0.1) is 11.8 Å². The summed E-state index contributed by atoms with van der Waals surface area (Å²) in [5.41, 5.74) is 7.53. The minimum atomic E-state index is -0.581. The molecule has 0 unspecified atom stereocenters. The zero-order valence-corrected chi connectivity index (χ0v) is 11.4. The van der Waals surface area contributed by atoms with E-state index in [1.807, 2.05) is 38.1 Å². The molecule has 0 fully saturated rings. The Kier molecular flexibility index (Phi) is 3.98. The van der Waals surface area contributed by atoms with Gasteiger partial charge in [-0.2, -0.15) is 0 Å². The van der Waals surface area contributed by atoms with Crippen LogP contribution in [0.2, 0.25) is 0 Å². The normalized spacial score (nSPS) is 10.3. The van der Waals surface area contributed by atoms with E-state index in [2.05, 4.69) is 4.98 Å². The molecule has 20 heavy (non-hydrogen) atoms. The number of carbonyl (C=O) groups excluding carboxylic acids is 1. The lowest BCUT2D eigenvalue weighted by molar-refractivity contribution is 0.0988. The van der Waals surface area contributed by atoms with Crippen LogP contribution in [0.3, 0.4) is 0 Å². The molecule has 0 bridgehead atoms. The molecule has 1 heterocycles. The van der Waals surface area contributed by atoms with Crippen LogP contribution in [0.15, 0.2) is 36.5 Å². The van der Waals surface area contributed by atoms with E-state index in [1.165, 1.54) is 0 Å². The fourth-order valence-electron chi connectivity index (χ4n) is 2.01. The van der Waals surface area contributed by atoms with Gasteiger partial charge in [-0.05, 0) is 37.6 Å². The van der Waals surface area contributed by atoms with Crippen molar-refractivity contribution < 1.29 is 9.18 Å². The molecule has 0 atom stereocenters. The van der Waals surface area contributed by atoms with Crippen molar-refractivity contribution in [3.8, 4) is 0 Å². The molecule has 0 aliphatic heterocycles. The predicted molar refractivity (Wildman–Crippen MR) is 77.1 cm³/mol. The van der Waals surface area contributed by atoms with E-state index in [1.54, 1.807) is 4.90 Å². The minimum absolute atomic E-state index is 0.0301. The molecule has 1 amide bonds. The first-order valence-electron chi connectivity index (χ1n) is 6.32. The van der Waals surface area contributed by atoms with Crippen molar-refractivity contribution in [1.29, 1.82) is 0 Å². The van der Waals surface area contributed by atoms with E-state index in [0.717, 1.165) is 23.5 Å². The highest BCUT2D eigenvalue weighted by molar-refractivity contribution is 6.08. The first-order chi connectivity index (χ1) is 9.52. The van der Waals surface area contributed by atoms with Crippen LogP contribution in [-0.2, 0) is 0 Å². The van der Waals surface area contributed by atoms with Crippen LogP contribution in [0.4, 0.5) is 15.9 Å². The summed E-state index contributed by atoms with van der Waals surface area (Å²) >= 11 is 0. The third-order valence-corrected chi connectivity index (χ3v) is 2.99. The second-order valence-corrected chi connectivity index (χ2v) is 4.47. The maximum atomic E-state index is 13.3. The van der Waals surface area contributed by atoms with Crippen molar-refractivity contribution in [2.45, 2.75) is 13.8 Å². The summed E-state index contributed by atoms with van der Waals surface area (Å²) in [5, 5.41) is 0. The van der Waals surface area contributed by atoms with Gasteiger partial charge in [0.2, 0.25) is 0 Å². The average Bonchev–Trinajstić information content (AvgIpc) is 2.42. The van der Waals surface area contributed by atoms with Crippen LogP contribution in [0.1, 0.15) is 22.8 Å². The molecular weight excluding hydrogens is 257 g/mol. The Bertz CT molecular complexity index is 643. The average molecular weight is 273 g/mol.